The number of hydrogen-bond donors (Lipinski definition) is 2. The summed E-state index contributed by atoms with van der Waals surface area (Å²) in [5.74, 6) is -2.04. The number of amides is 2. The van der Waals surface area contributed by atoms with E-state index in [4.69, 9.17) is 4.42 Å². The van der Waals surface area contributed by atoms with E-state index < -0.39 is 18.0 Å². The van der Waals surface area contributed by atoms with Crippen LogP contribution in [0, 0.1) is 6.92 Å². The quantitative estimate of drug-likeness (QED) is 0.654. The van der Waals surface area contributed by atoms with Crippen molar-refractivity contribution in [2.45, 2.75) is 20.0 Å². The predicted molar refractivity (Wildman–Crippen MR) is 84.2 cm³/mol. The van der Waals surface area contributed by atoms with E-state index in [2.05, 4.69) is 10.5 Å². The number of nitrogens with zero attached hydrogens (tertiary/aromatic N) is 1. The first-order chi connectivity index (χ1) is 11.7. The molecule has 132 valence electrons. The van der Waals surface area contributed by atoms with Crippen molar-refractivity contribution in [2.24, 2.45) is 5.10 Å². The number of benzene rings is 1. The van der Waals surface area contributed by atoms with Crippen molar-refractivity contribution in [1.29, 1.82) is 0 Å². The molecular weight excluding hydrogens is 339 g/mol. The molecule has 6 nitrogen and oxygen atoms in total. The highest BCUT2D eigenvalue weighted by atomic mass is 19.4. The number of aryl methyl sites for hydroxylation is 1. The summed E-state index contributed by atoms with van der Waals surface area (Å²) in [6.45, 7) is 3.26. The topological polar surface area (TPSA) is 83.7 Å². The van der Waals surface area contributed by atoms with Crippen LogP contribution in [0.4, 0.5) is 18.9 Å². The Morgan fingerprint density at radius 2 is 1.76 bits per heavy atom. The molecule has 0 saturated carbocycles. The highest BCUT2D eigenvalue weighted by Gasteiger charge is 2.38. The number of hydrogen-bond acceptors (Lipinski definition) is 4. The van der Waals surface area contributed by atoms with E-state index in [-0.39, 0.29) is 5.69 Å². The maximum Gasteiger partial charge on any atom is 0.471 e. The average molecular weight is 353 g/mol. The minimum Gasteiger partial charge on any atom is -0.469 e. The third-order valence-corrected chi connectivity index (χ3v) is 3.25. The lowest BCUT2D eigenvalue weighted by Gasteiger charge is -2.08. The number of anilines is 1. The first kappa shape index (κ1) is 18.2. The van der Waals surface area contributed by atoms with Crippen molar-refractivity contribution in [3.63, 3.8) is 0 Å². The Labute approximate surface area is 140 Å². The van der Waals surface area contributed by atoms with Crippen LogP contribution in [0.1, 0.15) is 28.6 Å². The highest BCUT2D eigenvalue weighted by molar-refractivity contribution is 6.01. The minimum absolute atomic E-state index is 0.00284. The molecule has 2 aromatic rings. The van der Waals surface area contributed by atoms with E-state index in [0.29, 0.717) is 22.6 Å². The van der Waals surface area contributed by atoms with Gasteiger partial charge in [-0.15, -0.1) is 0 Å². The standard InChI is InChI=1S/C16H14F3N3O3/c1-9(21-22-14(23)13-7-8-25-10(13)2)11-3-5-12(6-4-11)20-15(24)16(17,18)19/h3-8H,1-2H3,(H,20,24)(H,22,23)/b21-9+. The van der Waals surface area contributed by atoms with E-state index in [1.165, 1.54) is 36.6 Å². The van der Waals surface area contributed by atoms with Crippen LogP contribution in [0.5, 0.6) is 0 Å². The fourth-order valence-corrected chi connectivity index (χ4v) is 1.88. The van der Waals surface area contributed by atoms with Crippen LogP contribution < -0.4 is 10.7 Å². The Morgan fingerprint density at radius 3 is 2.28 bits per heavy atom. The summed E-state index contributed by atoms with van der Waals surface area (Å²) in [5, 5.41) is 5.67. The lowest BCUT2D eigenvalue weighted by Crippen LogP contribution is -2.29. The normalized spacial score (nSPS) is 12.0. The Morgan fingerprint density at radius 1 is 1.12 bits per heavy atom. The second kappa shape index (κ2) is 7.20. The zero-order valence-electron chi connectivity index (χ0n) is 13.3. The molecule has 0 radical (unpaired) electrons. The molecule has 0 spiro atoms. The van der Waals surface area contributed by atoms with E-state index in [9.17, 15) is 22.8 Å². The van der Waals surface area contributed by atoms with Gasteiger partial charge in [0.2, 0.25) is 0 Å². The molecule has 0 aliphatic heterocycles. The molecule has 2 N–H and O–H groups in total. The molecule has 2 rings (SSSR count). The lowest BCUT2D eigenvalue weighted by molar-refractivity contribution is -0.167. The monoisotopic (exact) mass is 353 g/mol. The van der Waals surface area contributed by atoms with Gasteiger partial charge in [-0.3, -0.25) is 9.59 Å². The number of carbonyl (C=O) groups excluding carboxylic acids is 2. The van der Waals surface area contributed by atoms with Gasteiger partial charge in [-0.1, -0.05) is 12.1 Å². The first-order valence-corrected chi connectivity index (χ1v) is 7.06. The van der Waals surface area contributed by atoms with Gasteiger partial charge in [-0.25, -0.2) is 5.43 Å². The Kier molecular flexibility index (Phi) is 5.26. The van der Waals surface area contributed by atoms with Gasteiger partial charge in [0, 0.05) is 5.69 Å². The van der Waals surface area contributed by atoms with Crippen molar-refractivity contribution in [3.05, 3.63) is 53.5 Å². The van der Waals surface area contributed by atoms with Gasteiger partial charge in [0.25, 0.3) is 5.91 Å². The molecule has 25 heavy (non-hydrogen) atoms. The van der Waals surface area contributed by atoms with Crippen LogP contribution in [-0.4, -0.2) is 23.7 Å². The van der Waals surface area contributed by atoms with E-state index in [1.807, 2.05) is 0 Å². The summed E-state index contributed by atoms with van der Waals surface area (Å²) in [6.07, 6.45) is -3.57. The highest BCUT2D eigenvalue weighted by Crippen LogP contribution is 2.18. The maximum absolute atomic E-state index is 12.2. The molecule has 1 aromatic carbocycles. The SMILES string of the molecule is C/C(=N\NC(=O)c1ccoc1C)c1ccc(NC(=O)C(F)(F)F)cc1. The summed E-state index contributed by atoms with van der Waals surface area (Å²) >= 11 is 0. The summed E-state index contributed by atoms with van der Waals surface area (Å²) in [4.78, 5) is 22.8. The number of halogens is 3. The average Bonchev–Trinajstić information content (AvgIpc) is 2.98. The van der Waals surface area contributed by atoms with Crippen molar-refractivity contribution in [2.75, 3.05) is 5.32 Å². The third kappa shape index (κ3) is 4.69. The van der Waals surface area contributed by atoms with Crippen LogP contribution in [-0.2, 0) is 4.79 Å². The fraction of sp³-hybridized carbons (Fsp3) is 0.188. The van der Waals surface area contributed by atoms with Crippen LogP contribution >= 0.6 is 0 Å². The van der Waals surface area contributed by atoms with Gasteiger partial charge in [-0.05, 0) is 37.6 Å². The van der Waals surface area contributed by atoms with Crippen LogP contribution in [0.15, 0.2) is 46.1 Å². The molecule has 0 atom stereocenters. The van der Waals surface area contributed by atoms with Gasteiger partial charge in [-0.2, -0.15) is 18.3 Å². The smallest absolute Gasteiger partial charge is 0.469 e. The largest absolute Gasteiger partial charge is 0.471 e. The minimum atomic E-state index is -4.95. The zero-order chi connectivity index (χ0) is 18.6. The molecular formula is C16H14F3N3O3. The molecule has 0 bridgehead atoms. The molecule has 0 unspecified atom stereocenters. The second-order valence-corrected chi connectivity index (χ2v) is 5.06. The molecule has 9 heteroatoms. The summed E-state index contributed by atoms with van der Waals surface area (Å²) in [6, 6.07) is 7.06. The van der Waals surface area contributed by atoms with Crippen molar-refractivity contribution < 1.29 is 27.2 Å². The first-order valence-electron chi connectivity index (χ1n) is 7.06. The number of nitrogens with one attached hydrogen (secondary N) is 2. The zero-order valence-corrected chi connectivity index (χ0v) is 13.3. The second-order valence-electron chi connectivity index (χ2n) is 5.06. The summed E-state index contributed by atoms with van der Waals surface area (Å²) < 4.78 is 41.6. The molecule has 0 fully saturated rings. The molecule has 0 saturated heterocycles. The van der Waals surface area contributed by atoms with Gasteiger partial charge in [0.05, 0.1) is 17.5 Å². The van der Waals surface area contributed by atoms with Gasteiger partial charge in [0.1, 0.15) is 5.76 Å². The van der Waals surface area contributed by atoms with Crippen LogP contribution in [0.25, 0.3) is 0 Å². The Bertz CT molecular complexity index is 808. The number of carbonyl (C=O) groups is 2. The van der Waals surface area contributed by atoms with Gasteiger partial charge >= 0.3 is 12.1 Å². The molecule has 0 aliphatic carbocycles. The van der Waals surface area contributed by atoms with Gasteiger partial charge < -0.3 is 9.73 Å². The van der Waals surface area contributed by atoms with Gasteiger partial charge in [0.15, 0.2) is 0 Å². The maximum atomic E-state index is 12.2. The van der Waals surface area contributed by atoms with Crippen molar-refractivity contribution in [1.82, 2.24) is 5.43 Å². The van der Waals surface area contributed by atoms with Crippen molar-refractivity contribution >= 4 is 23.2 Å². The molecule has 1 aromatic heterocycles. The molecule has 2 amide bonds. The number of hydrazone groups is 1. The Hall–Kier alpha value is -3.10. The van der Waals surface area contributed by atoms with Crippen molar-refractivity contribution in [3.8, 4) is 0 Å². The van der Waals surface area contributed by atoms with Crippen LogP contribution in [0.3, 0.4) is 0 Å². The summed E-state index contributed by atoms with van der Waals surface area (Å²) in [7, 11) is 0. The lowest BCUT2D eigenvalue weighted by atomic mass is 10.1. The number of rotatable bonds is 4. The summed E-state index contributed by atoms with van der Waals surface area (Å²) in [5.41, 5.74) is 3.71. The van der Waals surface area contributed by atoms with Crippen LogP contribution in [0.2, 0.25) is 0 Å². The fourth-order valence-electron chi connectivity index (χ4n) is 1.88. The third-order valence-electron chi connectivity index (χ3n) is 3.25. The number of alkyl halides is 3. The number of furan rings is 1. The molecule has 0 aliphatic rings. The van der Waals surface area contributed by atoms with E-state index in [0.717, 1.165) is 0 Å². The Balaban J connectivity index is 2.02. The molecule has 1 heterocycles. The van der Waals surface area contributed by atoms with E-state index in [1.54, 1.807) is 19.2 Å². The predicted octanol–water partition coefficient (Wildman–Crippen LogP) is 3.24. The van der Waals surface area contributed by atoms with E-state index >= 15 is 0 Å².